The molecule has 1 spiro atoms. The smallest absolute Gasteiger partial charge is 0.119 e. The van der Waals surface area contributed by atoms with E-state index in [0.717, 1.165) is 25.4 Å². The van der Waals surface area contributed by atoms with Crippen LogP contribution in [0.15, 0.2) is 24.3 Å². The fourth-order valence-electron chi connectivity index (χ4n) is 3.91. The Hall–Kier alpha value is -1.22. The maximum Gasteiger partial charge on any atom is 0.119 e. The number of hydrogen-bond acceptors (Lipinski definition) is 3. The Morgan fingerprint density at radius 3 is 2.52 bits per heavy atom. The first kappa shape index (κ1) is 14.7. The molecule has 21 heavy (non-hydrogen) atoms. The zero-order valence-corrected chi connectivity index (χ0v) is 13.4. The third-order valence-electron chi connectivity index (χ3n) is 5.14. The van der Waals surface area contributed by atoms with Crippen molar-refractivity contribution in [1.29, 1.82) is 0 Å². The van der Waals surface area contributed by atoms with Crippen molar-refractivity contribution in [3.05, 3.63) is 24.3 Å². The highest BCUT2D eigenvalue weighted by Gasteiger charge is 2.40. The summed E-state index contributed by atoms with van der Waals surface area (Å²) in [6, 6.07) is 9.27. The minimum absolute atomic E-state index is 0.365. The first-order valence-electron chi connectivity index (χ1n) is 8.51. The van der Waals surface area contributed by atoms with Crippen molar-refractivity contribution in [3.63, 3.8) is 0 Å². The Morgan fingerprint density at radius 2 is 1.90 bits per heavy atom. The summed E-state index contributed by atoms with van der Waals surface area (Å²) < 4.78 is 5.56. The molecular formula is C18H28N2O. The van der Waals surface area contributed by atoms with Gasteiger partial charge in [0.05, 0.1) is 6.61 Å². The van der Waals surface area contributed by atoms with Gasteiger partial charge in [0, 0.05) is 30.4 Å². The summed E-state index contributed by atoms with van der Waals surface area (Å²) in [5.41, 5.74) is 1.71. The van der Waals surface area contributed by atoms with Crippen LogP contribution in [0, 0.1) is 0 Å². The van der Waals surface area contributed by atoms with Gasteiger partial charge in [0.25, 0.3) is 0 Å². The highest BCUT2D eigenvalue weighted by molar-refractivity contribution is 5.51. The van der Waals surface area contributed by atoms with Gasteiger partial charge in [-0.2, -0.15) is 0 Å². The van der Waals surface area contributed by atoms with Crippen molar-refractivity contribution in [2.75, 3.05) is 24.6 Å². The van der Waals surface area contributed by atoms with Crippen LogP contribution < -0.4 is 15.0 Å². The van der Waals surface area contributed by atoms with Gasteiger partial charge >= 0.3 is 0 Å². The number of anilines is 1. The summed E-state index contributed by atoms with van der Waals surface area (Å²) in [5.74, 6) is 0.972. The summed E-state index contributed by atoms with van der Waals surface area (Å²) in [4.78, 5) is 2.62. The summed E-state index contributed by atoms with van der Waals surface area (Å²) in [6.07, 6.45) is 6.60. The first-order valence-corrected chi connectivity index (χ1v) is 8.51. The van der Waals surface area contributed by atoms with Gasteiger partial charge in [-0.05, 0) is 50.5 Å². The molecule has 1 N–H and O–H groups in total. The van der Waals surface area contributed by atoms with Crippen LogP contribution in [0.5, 0.6) is 5.75 Å². The molecule has 0 amide bonds. The second-order valence-electron chi connectivity index (χ2n) is 6.49. The van der Waals surface area contributed by atoms with Gasteiger partial charge in [0.2, 0.25) is 0 Å². The zero-order valence-electron chi connectivity index (χ0n) is 13.4. The van der Waals surface area contributed by atoms with Crippen molar-refractivity contribution in [1.82, 2.24) is 5.32 Å². The number of nitrogens with one attached hydrogen (secondary N) is 1. The van der Waals surface area contributed by atoms with Crippen LogP contribution >= 0.6 is 0 Å². The maximum atomic E-state index is 5.56. The maximum absolute atomic E-state index is 5.56. The molecule has 1 heterocycles. The number of hydrogen-bond donors (Lipinski definition) is 1. The average Bonchev–Trinajstić information content (AvgIpc) is 2.96. The molecule has 0 aromatic heterocycles. The van der Waals surface area contributed by atoms with Gasteiger partial charge in [0.1, 0.15) is 5.75 Å². The lowest BCUT2D eigenvalue weighted by atomic mass is 9.91. The van der Waals surface area contributed by atoms with Crippen LogP contribution in [-0.4, -0.2) is 31.3 Å². The molecule has 1 atom stereocenters. The lowest BCUT2D eigenvalue weighted by Crippen LogP contribution is -2.63. The minimum atomic E-state index is 0.365. The van der Waals surface area contributed by atoms with E-state index in [1.807, 2.05) is 6.92 Å². The van der Waals surface area contributed by atoms with E-state index in [0.29, 0.717) is 11.6 Å². The van der Waals surface area contributed by atoms with Crippen molar-refractivity contribution in [2.45, 2.75) is 57.5 Å². The van der Waals surface area contributed by atoms with Crippen LogP contribution in [0.3, 0.4) is 0 Å². The van der Waals surface area contributed by atoms with Gasteiger partial charge in [-0.15, -0.1) is 0 Å². The molecule has 0 radical (unpaired) electrons. The number of piperazine rings is 1. The molecule has 3 heteroatoms. The van der Waals surface area contributed by atoms with Crippen LogP contribution in [0.2, 0.25) is 0 Å². The molecule has 1 unspecified atom stereocenters. The Morgan fingerprint density at radius 1 is 1.19 bits per heavy atom. The average molecular weight is 288 g/mol. The Balaban J connectivity index is 1.78. The zero-order chi connectivity index (χ0) is 14.7. The quantitative estimate of drug-likeness (QED) is 0.916. The Labute approximate surface area is 128 Å². The standard InChI is InChI=1S/C18H28N2O/c1-3-15-13-19-18(11-5-6-12-18)14-20(15)16-7-9-17(10-8-16)21-4-2/h7-10,15,19H,3-6,11-14H2,1-2H3. The van der Waals surface area contributed by atoms with Gasteiger partial charge in [-0.25, -0.2) is 0 Å². The van der Waals surface area contributed by atoms with Gasteiger partial charge in [-0.1, -0.05) is 19.8 Å². The van der Waals surface area contributed by atoms with E-state index >= 15 is 0 Å². The first-order chi connectivity index (χ1) is 10.3. The van der Waals surface area contributed by atoms with E-state index in [4.69, 9.17) is 4.74 Å². The highest BCUT2D eigenvalue weighted by atomic mass is 16.5. The molecule has 116 valence electrons. The number of nitrogens with zero attached hydrogens (tertiary/aromatic N) is 1. The van der Waals surface area contributed by atoms with Crippen LogP contribution in [0.1, 0.15) is 46.0 Å². The van der Waals surface area contributed by atoms with E-state index in [2.05, 4.69) is 41.4 Å². The van der Waals surface area contributed by atoms with Crippen molar-refractivity contribution in [2.24, 2.45) is 0 Å². The third kappa shape index (κ3) is 3.03. The Kier molecular flexibility index (Phi) is 4.39. The second kappa shape index (κ2) is 6.27. The molecule has 0 bridgehead atoms. The fourth-order valence-corrected chi connectivity index (χ4v) is 3.91. The molecule has 1 aliphatic carbocycles. The van der Waals surface area contributed by atoms with E-state index in [1.54, 1.807) is 0 Å². The highest BCUT2D eigenvalue weighted by Crippen LogP contribution is 2.35. The van der Waals surface area contributed by atoms with E-state index < -0.39 is 0 Å². The van der Waals surface area contributed by atoms with Crippen LogP contribution in [0.25, 0.3) is 0 Å². The van der Waals surface area contributed by atoms with E-state index in [1.165, 1.54) is 37.8 Å². The third-order valence-corrected chi connectivity index (χ3v) is 5.14. The number of benzene rings is 1. The molecule has 2 fully saturated rings. The summed E-state index contributed by atoms with van der Waals surface area (Å²) in [6.45, 7) is 7.32. The summed E-state index contributed by atoms with van der Waals surface area (Å²) in [7, 11) is 0. The largest absolute Gasteiger partial charge is 0.494 e. The van der Waals surface area contributed by atoms with Gasteiger partial charge in [0.15, 0.2) is 0 Å². The summed E-state index contributed by atoms with van der Waals surface area (Å²) >= 11 is 0. The molecule has 3 rings (SSSR count). The lowest BCUT2D eigenvalue weighted by Gasteiger charge is -2.47. The van der Waals surface area contributed by atoms with E-state index in [-0.39, 0.29) is 0 Å². The summed E-state index contributed by atoms with van der Waals surface area (Å²) in [5, 5.41) is 3.86. The molecule has 3 nitrogen and oxygen atoms in total. The van der Waals surface area contributed by atoms with Crippen molar-refractivity contribution < 1.29 is 4.74 Å². The molecule has 1 saturated heterocycles. The minimum Gasteiger partial charge on any atom is -0.494 e. The molecule has 1 aromatic carbocycles. The van der Waals surface area contributed by atoms with Crippen LogP contribution in [0.4, 0.5) is 5.69 Å². The fraction of sp³-hybridized carbons (Fsp3) is 0.667. The molecular weight excluding hydrogens is 260 g/mol. The van der Waals surface area contributed by atoms with Crippen molar-refractivity contribution in [3.8, 4) is 5.75 Å². The molecule has 1 saturated carbocycles. The Bertz CT molecular complexity index is 451. The monoisotopic (exact) mass is 288 g/mol. The lowest BCUT2D eigenvalue weighted by molar-refractivity contribution is 0.267. The normalized spacial score (nSPS) is 24.5. The predicted molar refractivity (Wildman–Crippen MR) is 88.2 cm³/mol. The van der Waals surface area contributed by atoms with Gasteiger partial charge < -0.3 is 15.0 Å². The predicted octanol–water partition coefficient (Wildman–Crippen LogP) is 3.59. The molecule has 1 aromatic rings. The number of ether oxygens (including phenoxy) is 1. The topological polar surface area (TPSA) is 24.5 Å². The van der Waals surface area contributed by atoms with Crippen molar-refractivity contribution >= 4 is 5.69 Å². The SMILES string of the molecule is CCOc1ccc(N2CC3(CCCC3)NCC2CC)cc1. The molecule has 2 aliphatic rings. The number of rotatable bonds is 4. The van der Waals surface area contributed by atoms with Crippen LogP contribution in [-0.2, 0) is 0 Å². The van der Waals surface area contributed by atoms with E-state index in [9.17, 15) is 0 Å². The second-order valence-corrected chi connectivity index (χ2v) is 6.49. The molecule has 1 aliphatic heterocycles. The van der Waals surface area contributed by atoms with Gasteiger partial charge in [-0.3, -0.25) is 0 Å².